The number of aliphatic imine (C=N–C) groups is 1. The number of carboxylic acid groups (broad SMARTS) is 1. The summed E-state index contributed by atoms with van der Waals surface area (Å²) in [4.78, 5) is 29.7. The number of piperidine rings is 1. The second-order valence-corrected chi connectivity index (χ2v) is 9.87. The van der Waals surface area contributed by atoms with Crippen molar-refractivity contribution in [1.82, 2.24) is 5.32 Å². The maximum atomic E-state index is 12.1. The number of aliphatic carboxylic acids is 1. The fraction of sp³-hybridized carbons (Fsp3) is 0.773. The van der Waals surface area contributed by atoms with Crippen LogP contribution in [0.3, 0.4) is 0 Å². The highest BCUT2D eigenvalue weighted by molar-refractivity contribution is 5.96. The number of rotatable bonds is 5. The van der Waals surface area contributed by atoms with Gasteiger partial charge < -0.3 is 26.1 Å². The van der Waals surface area contributed by atoms with Crippen LogP contribution in [0, 0.1) is 22.7 Å². The molecule has 4 aliphatic rings. The summed E-state index contributed by atoms with van der Waals surface area (Å²) in [6, 6.07) is 0. The van der Waals surface area contributed by atoms with Crippen LogP contribution >= 0.6 is 0 Å². The number of hydrogen-bond donors (Lipinski definition) is 4. The number of likely N-dealkylation sites (tertiary alicyclic amines) is 1. The van der Waals surface area contributed by atoms with Gasteiger partial charge in [0.05, 0.1) is 25.6 Å². The first-order valence-corrected chi connectivity index (χ1v) is 11.2. The van der Waals surface area contributed by atoms with E-state index in [-0.39, 0.29) is 23.3 Å². The summed E-state index contributed by atoms with van der Waals surface area (Å²) in [6.45, 7) is 5.21. The van der Waals surface area contributed by atoms with Crippen LogP contribution in [0.4, 0.5) is 0 Å². The number of quaternary nitrogens is 1. The zero-order chi connectivity index (χ0) is 21.7. The highest BCUT2D eigenvalue weighted by Crippen LogP contribution is 2.75. The summed E-state index contributed by atoms with van der Waals surface area (Å²) >= 11 is 0. The van der Waals surface area contributed by atoms with Gasteiger partial charge in [0.1, 0.15) is 5.60 Å². The summed E-state index contributed by atoms with van der Waals surface area (Å²) in [5.74, 6) is -0.266. The zero-order valence-electron chi connectivity index (χ0n) is 18.0. The quantitative estimate of drug-likeness (QED) is 0.177. The molecule has 6 atom stereocenters. The van der Waals surface area contributed by atoms with E-state index in [2.05, 4.69) is 17.2 Å². The first-order valence-electron chi connectivity index (χ1n) is 11.2. The molecule has 0 aromatic heterocycles. The fourth-order valence-electron chi connectivity index (χ4n) is 7.63. The molecule has 3 aliphatic carbocycles. The summed E-state index contributed by atoms with van der Waals surface area (Å²) in [6.07, 6.45) is 5.16. The van der Waals surface area contributed by atoms with Crippen molar-refractivity contribution in [3.8, 4) is 0 Å². The molecule has 1 heterocycles. The Morgan fingerprint density at radius 1 is 1.47 bits per heavy atom. The number of hydrogen-bond acceptors (Lipinski definition) is 6. The third-order valence-electron chi connectivity index (χ3n) is 8.77. The van der Waals surface area contributed by atoms with E-state index in [0.29, 0.717) is 31.1 Å². The predicted octanol–water partition coefficient (Wildman–Crippen LogP) is -2.00. The van der Waals surface area contributed by atoms with Crippen molar-refractivity contribution >= 4 is 18.2 Å². The molecule has 1 saturated heterocycles. The Labute approximate surface area is 177 Å². The Hall–Kier alpha value is -1.77. The van der Waals surface area contributed by atoms with Crippen LogP contribution in [0.1, 0.15) is 45.4 Å². The number of likely N-dealkylation sites (N-methyl/N-ethyl adjacent to an activating group) is 1. The van der Waals surface area contributed by atoms with Gasteiger partial charge in [-0.1, -0.05) is 12.5 Å². The van der Waals surface area contributed by atoms with Crippen LogP contribution in [0.25, 0.3) is 0 Å². The lowest BCUT2D eigenvalue weighted by Crippen LogP contribution is -3.18. The van der Waals surface area contributed by atoms with Gasteiger partial charge in [-0.15, -0.1) is 0 Å². The molecule has 166 valence electrons. The number of aliphatic hydroxyl groups is 1. The second-order valence-electron chi connectivity index (χ2n) is 9.87. The molecule has 0 aromatic carbocycles. The minimum Gasteiger partial charge on any atom is -0.545 e. The number of carboxylic acids is 1. The number of carbonyl (C=O) groups is 2. The van der Waals surface area contributed by atoms with Gasteiger partial charge in [-0.2, -0.15) is 0 Å². The van der Waals surface area contributed by atoms with Crippen molar-refractivity contribution in [2.45, 2.75) is 51.0 Å². The molecule has 0 amide bonds. The van der Waals surface area contributed by atoms with E-state index in [0.717, 1.165) is 55.8 Å². The van der Waals surface area contributed by atoms with E-state index in [1.807, 2.05) is 7.05 Å². The number of nitrogens with one attached hydrogen (secondary N) is 2. The van der Waals surface area contributed by atoms with Crippen LogP contribution < -0.4 is 21.1 Å². The lowest BCUT2D eigenvalue weighted by Gasteiger charge is -2.57. The van der Waals surface area contributed by atoms with Crippen LogP contribution in [0.2, 0.25) is 0 Å². The van der Waals surface area contributed by atoms with Gasteiger partial charge in [0.2, 0.25) is 0 Å². The van der Waals surface area contributed by atoms with E-state index in [1.54, 1.807) is 0 Å². The Bertz CT molecular complexity index is 811. The summed E-state index contributed by atoms with van der Waals surface area (Å²) in [5.41, 5.74) is 4.38. The molecular formula is C22H34N4O4. The minimum atomic E-state index is -1.96. The highest BCUT2D eigenvalue weighted by atomic mass is 16.4. The normalized spacial score (nSPS) is 43.2. The van der Waals surface area contributed by atoms with Gasteiger partial charge in [0, 0.05) is 22.9 Å². The fourth-order valence-corrected chi connectivity index (χ4v) is 7.63. The molecule has 2 bridgehead atoms. The minimum absolute atomic E-state index is 0.157. The third kappa shape index (κ3) is 2.73. The standard InChI is InChI=1S/C22H34N4O4/c1-14-4-5-15-10-16-17(18(28)29)21(30,13-27)11-22(14,16)20(15)6-3-9-26(12-20)19(23)25-8-7-24-2/h13-15,24,30H,3-12H2,1-2H3,(H2,23,25)(H,28,29). The van der Waals surface area contributed by atoms with E-state index in [9.17, 15) is 19.8 Å². The monoisotopic (exact) mass is 418 g/mol. The van der Waals surface area contributed by atoms with Crippen molar-refractivity contribution in [2.24, 2.45) is 33.4 Å². The van der Waals surface area contributed by atoms with Gasteiger partial charge in [0.15, 0.2) is 6.29 Å². The molecule has 8 heteroatoms. The molecule has 5 N–H and O–H groups in total. The average molecular weight is 419 g/mol. The van der Waals surface area contributed by atoms with Crippen molar-refractivity contribution in [3.63, 3.8) is 0 Å². The van der Waals surface area contributed by atoms with Gasteiger partial charge >= 0.3 is 0 Å². The molecule has 4 rings (SSSR count). The van der Waals surface area contributed by atoms with Crippen LogP contribution in [-0.2, 0) is 9.59 Å². The highest BCUT2D eigenvalue weighted by Gasteiger charge is 2.73. The Kier molecular flexibility index (Phi) is 5.31. The van der Waals surface area contributed by atoms with Crippen molar-refractivity contribution < 1.29 is 24.7 Å². The molecule has 1 aliphatic heterocycles. The number of nitrogens with two attached hydrogens (primary N) is 1. The molecule has 6 unspecified atom stereocenters. The zero-order valence-corrected chi connectivity index (χ0v) is 18.0. The topological polar surface area (TPSA) is 132 Å². The first kappa shape index (κ1) is 21.5. The number of carbonyl (C=O) groups excluding carboxylic acids is 2. The van der Waals surface area contributed by atoms with Crippen molar-refractivity contribution in [3.05, 3.63) is 11.1 Å². The molecule has 2 spiro atoms. The van der Waals surface area contributed by atoms with Crippen LogP contribution in [0.15, 0.2) is 16.1 Å². The molecule has 0 aromatic rings. The van der Waals surface area contributed by atoms with Crippen molar-refractivity contribution in [1.29, 1.82) is 0 Å². The van der Waals surface area contributed by atoms with Gasteiger partial charge in [-0.3, -0.25) is 9.69 Å². The molecule has 2 saturated carbocycles. The first-order chi connectivity index (χ1) is 14.3. The van der Waals surface area contributed by atoms with Crippen molar-refractivity contribution in [2.75, 3.05) is 33.2 Å². The largest absolute Gasteiger partial charge is 0.545 e. The molecule has 0 radical (unpaired) electrons. The SMILES string of the molecule is CNCCN=C(N)[NH+]1CCCC2(C1)C1CCC(C)C23CC(O)(C=O)C(C(=O)[O-])=C3C1. The van der Waals surface area contributed by atoms with E-state index >= 15 is 0 Å². The van der Waals surface area contributed by atoms with Gasteiger partial charge in [-0.25, -0.2) is 4.99 Å². The maximum Gasteiger partial charge on any atom is 0.293 e. The Morgan fingerprint density at radius 3 is 2.90 bits per heavy atom. The van der Waals surface area contributed by atoms with Crippen LogP contribution in [0.5, 0.6) is 0 Å². The number of aldehydes is 1. The number of nitrogens with zero attached hydrogens (tertiary/aromatic N) is 1. The summed E-state index contributed by atoms with van der Waals surface area (Å²) < 4.78 is 0. The lowest BCUT2D eigenvalue weighted by molar-refractivity contribution is -0.826. The van der Waals surface area contributed by atoms with Gasteiger partial charge in [0.25, 0.3) is 5.96 Å². The molecule has 30 heavy (non-hydrogen) atoms. The van der Waals surface area contributed by atoms with E-state index in [1.165, 1.54) is 0 Å². The predicted molar refractivity (Wildman–Crippen MR) is 109 cm³/mol. The third-order valence-corrected chi connectivity index (χ3v) is 8.77. The van der Waals surface area contributed by atoms with Crippen LogP contribution in [-0.4, -0.2) is 62.1 Å². The average Bonchev–Trinajstić information content (AvgIpc) is 3.06. The second kappa shape index (κ2) is 7.43. The number of allylic oxidation sites excluding steroid dienone is 1. The summed E-state index contributed by atoms with van der Waals surface area (Å²) in [5, 5.41) is 26.2. The van der Waals surface area contributed by atoms with Gasteiger partial charge in [-0.05, 0) is 57.4 Å². The Morgan fingerprint density at radius 2 is 2.23 bits per heavy atom. The molecular weight excluding hydrogens is 384 g/mol. The van der Waals surface area contributed by atoms with E-state index in [4.69, 9.17) is 5.73 Å². The smallest absolute Gasteiger partial charge is 0.293 e. The maximum absolute atomic E-state index is 12.1. The molecule has 3 fully saturated rings. The number of guanidine groups is 1. The summed E-state index contributed by atoms with van der Waals surface area (Å²) in [7, 11) is 1.88. The molecule has 8 nitrogen and oxygen atoms in total. The lowest BCUT2D eigenvalue weighted by atomic mass is 9.48. The Balaban J connectivity index is 1.79. The van der Waals surface area contributed by atoms with E-state index < -0.39 is 17.0 Å².